The number of methoxy groups -OCH3 is 2. The lowest BCUT2D eigenvalue weighted by atomic mass is 10.1. The van der Waals surface area contributed by atoms with E-state index in [0.717, 1.165) is 0 Å². The molecule has 0 aliphatic carbocycles. The van der Waals surface area contributed by atoms with Crippen LogP contribution in [-0.2, 0) is 9.47 Å². The topological polar surface area (TPSA) is 87.4 Å². The number of hydrogen-bond acceptors (Lipinski definition) is 7. The number of fused-ring (bicyclic) bond motifs is 2. The minimum Gasteiger partial charge on any atom is -0.507 e. The van der Waals surface area contributed by atoms with E-state index >= 15 is 0 Å². The Bertz CT molecular complexity index is 974. The van der Waals surface area contributed by atoms with Gasteiger partial charge < -0.3 is 28.5 Å². The lowest BCUT2D eigenvalue weighted by molar-refractivity contribution is 0.0485. The van der Waals surface area contributed by atoms with Crippen molar-refractivity contribution in [1.29, 1.82) is 0 Å². The van der Waals surface area contributed by atoms with Crippen LogP contribution in [0.4, 0.5) is 4.39 Å². The van der Waals surface area contributed by atoms with Gasteiger partial charge in [-0.25, -0.2) is 4.39 Å². The third-order valence-electron chi connectivity index (χ3n) is 3.50. The van der Waals surface area contributed by atoms with E-state index in [1.54, 1.807) is 0 Å². The molecule has 132 valence electrons. The van der Waals surface area contributed by atoms with Gasteiger partial charge in [-0.05, 0) is 24.3 Å². The molecule has 2 aromatic carbocycles. The zero-order valence-electron chi connectivity index (χ0n) is 13.5. The van der Waals surface area contributed by atoms with Gasteiger partial charge in [0.1, 0.15) is 22.1 Å². The molecule has 8 heteroatoms. The van der Waals surface area contributed by atoms with Crippen molar-refractivity contribution in [3.05, 3.63) is 40.3 Å². The first kappa shape index (κ1) is 17.0. The van der Waals surface area contributed by atoms with E-state index in [-0.39, 0.29) is 52.8 Å². The molecule has 1 heterocycles. The van der Waals surface area contributed by atoms with Crippen molar-refractivity contribution in [2.45, 2.75) is 0 Å². The van der Waals surface area contributed by atoms with Crippen LogP contribution in [-0.4, -0.2) is 32.9 Å². The Morgan fingerprint density at radius 2 is 1.64 bits per heavy atom. The van der Waals surface area contributed by atoms with Crippen molar-refractivity contribution in [2.24, 2.45) is 0 Å². The highest BCUT2D eigenvalue weighted by Crippen LogP contribution is 2.34. The predicted octanol–water partition coefficient (Wildman–Crippen LogP) is 2.76. The number of aromatic hydroxyl groups is 1. The molecule has 0 radical (unpaired) electrons. The lowest BCUT2D eigenvalue weighted by Crippen LogP contribution is -2.08. The fraction of sp³-hybridized carbons (Fsp3) is 0.235. The number of rotatable bonds is 6. The van der Waals surface area contributed by atoms with Gasteiger partial charge in [0.05, 0.1) is 0 Å². The first-order chi connectivity index (χ1) is 12.1. The minimum absolute atomic E-state index is 0.000454. The Morgan fingerprint density at radius 1 is 1.00 bits per heavy atom. The van der Waals surface area contributed by atoms with E-state index in [0.29, 0.717) is 0 Å². The molecule has 0 saturated heterocycles. The Kier molecular flexibility index (Phi) is 4.73. The quantitative estimate of drug-likeness (QED) is 0.540. The van der Waals surface area contributed by atoms with Crippen LogP contribution >= 0.6 is 0 Å². The van der Waals surface area contributed by atoms with Gasteiger partial charge in [-0.15, -0.1) is 0 Å². The third-order valence-corrected chi connectivity index (χ3v) is 3.50. The highest BCUT2D eigenvalue weighted by Gasteiger charge is 2.20. The molecular weight excluding hydrogens is 335 g/mol. The Balaban J connectivity index is 2.30. The second-order valence-electron chi connectivity index (χ2n) is 5.07. The molecular formula is C17H15FO7. The zero-order chi connectivity index (χ0) is 18.0. The van der Waals surface area contributed by atoms with Gasteiger partial charge >= 0.3 is 0 Å². The van der Waals surface area contributed by atoms with E-state index < -0.39 is 11.2 Å². The molecule has 0 fully saturated rings. The Labute approximate surface area is 141 Å². The third kappa shape index (κ3) is 2.97. The molecule has 7 nitrogen and oxygen atoms in total. The largest absolute Gasteiger partial charge is 0.507 e. The van der Waals surface area contributed by atoms with Gasteiger partial charge in [-0.2, -0.15) is 0 Å². The van der Waals surface area contributed by atoms with Crippen molar-refractivity contribution >= 4 is 21.9 Å². The maximum absolute atomic E-state index is 14.6. The number of phenols is 1. The normalized spacial score (nSPS) is 11.2. The molecule has 0 aliphatic heterocycles. The first-order valence-electron chi connectivity index (χ1n) is 7.23. The van der Waals surface area contributed by atoms with Crippen molar-refractivity contribution in [1.82, 2.24) is 0 Å². The number of benzene rings is 2. The average Bonchev–Trinajstić information content (AvgIpc) is 2.60. The van der Waals surface area contributed by atoms with Crippen LogP contribution in [0, 0.1) is 5.82 Å². The van der Waals surface area contributed by atoms with Gasteiger partial charge in [-0.1, -0.05) is 0 Å². The molecule has 0 saturated carbocycles. The summed E-state index contributed by atoms with van der Waals surface area (Å²) >= 11 is 0. The summed E-state index contributed by atoms with van der Waals surface area (Å²) in [5, 5.41) is 9.52. The van der Waals surface area contributed by atoms with Gasteiger partial charge in [0, 0.05) is 14.2 Å². The van der Waals surface area contributed by atoms with Crippen molar-refractivity contribution in [2.75, 3.05) is 27.8 Å². The molecule has 0 spiro atoms. The molecule has 0 unspecified atom stereocenters. The van der Waals surface area contributed by atoms with Crippen LogP contribution in [0.3, 0.4) is 0 Å². The number of halogens is 1. The fourth-order valence-electron chi connectivity index (χ4n) is 2.41. The molecule has 1 N–H and O–H groups in total. The second-order valence-corrected chi connectivity index (χ2v) is 5.07. The molecule has 0 atom stereocenters. The van der Waals surface area contributed by atoms with Crippen LogP contribution in [0.15, 0.2) is 33.5 Å². The fourth-order valence-corrected chi connectivity index (χ4v) is 2.41. The summed E-state index contributed by atoms with van der Waals surface area (Å²) in [6.07, 6.45) is 0. The van der Waals surface area contributed by atoms with E-state index in [1.165, 1.54) is 38.5 Å². The molecule has 25 heavy (non-hydrogen) atoms. The zero-order valence-corrected chi connectivity index (χ0v) is 13.5. The Hall–Kier alpha value is -2.84. The summed E-state index contributed by atoms with van der Waals surface area (Å²) in [7, 11) is 2.82. The van der Waals surface area contributed by atoms with Gasteiger partial charge in [-0.3, -0.25) is 4.79 Å². The van der Waals surface area contributed by atoms with E-state index in [1.807, 2.05) is 0 Å². The van der Waals surface area contributed by atoms with Gasteiger partial charge in [0.15, 0.2) is 36.5 Å². The minimum atomic E-state index is -0.896. The molecule has 3 rings (SSSR count). The maximum Gasteiger partial charge on any atom is 0.207 e. The van der Waals surface area contributed by atoms with E-state index in [4.69, 9.17) is 23.4 Å². The summed E-state index contributed by atoms with van der Waals surface area (Å²) in [5.41, 5.74) is -0.746. The monoisotopic (exact) mass is 350 g/mol. The Morgan fingerprint density at radius 3 is 2.32 bits per heavy atom. The highest BCUT2D eigenvalue weighted by molar-refractivity contribution is 5.96. The SMILES string of the molecule is COCOc1ccc2oc3c(OCOC)ccc(O)c3c(=O)c2c1F. The predicted molar refractivity (Wildman–Crippen MR) is 86.6 cm³/mol. The van der Waals surface area contributed by atoms with Crippen LogP contribution in [0.25, 0.3) is 21.9 Å². The van der Waals surface area contributed by atoms with Gasteiger partial charge in [0.2, 0.25) is 5.43 Å². The molecule has 0 bridgehead atoms. The first-order valence-corrected chi connectivity index (χ1v) is 7.23. The van der Waals surface area contributed by atoms with E-state index in [9.17, 15) is 14.3 Å². The summed E-state index contributed by atoms with van der Waals surface area (Å²) in [4.78, 5) is 12.7. The van der Waals surface area contributed by atoms with Crippen LogP contribution < -0.4 is 14.9 Å². The summed E-state index contributed by atoms with van der Waals surface area (Å²) < 4.78 is 40.2. The summed E-state index contributed by atoms with van der Waals surface area (Å²) in [6, 6.07) is 5.41. The van der Waals surface area contributed by atoms with Crippen molar-refractivity contribution in [3.8, 4) is 17.2 Å². The average molecular weight is 350 g/mol. The van der Waals surface area contributed by atoms with Crippen LogP contribution in [0.5, 0.6) is 17.2 Å². The molecule has 0 aliphatic rings. The standard InChI is InChI=1S/C17H15FO7/c1-21-7-23-11-6-5-10-14(15(11)18)16(20)13-9(19)3-4-12(17(13)25-10)24-8-22-2/h3-6,19H,7-8H2,1-2H3. The summed E-state index contributed by atoms with van der Waals surface area (Å²) in [6.45, 7) is -0.263. The second kappa shape index (κ2) is 6.96. The summed E-state index contributed by atoms with van der Waals surface area (Å²) in [5.74, 6) is -1.22. The smallest absolute Gasteiger partial charge is 0.207 e. The highest BCUT2D eigenvalue weighted by atomic mass is 19.1. The molecule has 3 aromatic rings. The molecule has 0 amide bonds. The van der Waals surface area contributed by atoms with Gasteiger partial charge in [0.25, 0.3) is 0 Å². The maximum atomic E-state index is 14.6. The lowest BCUT2D eigenvalue weighted by Gasteiger charge is -2.11. The van der Waals surface area contributed by atoms with Crippen molar-refractivity contribution in [3.63, 3.8) is 0 Å². The molecule has 1 aromatic heterocycles. The van der Waals surface area contributed by atoms with Crippen molar-refractivity contribution < 1.29 is 32.9 Å². The van der Waals surface area contributed by atoms with E-state index in [2.05, 4.69) is 0 Å². The number of phenolic OH excluding ortho intramolecular Hbond substituents is 1. The van der Waals surface area contributed by atoms with Crippen LogP contribution in [0.1, 0.15) is 0 Å². The van der Waals surface area contributed by atoms with Crippen LogP contribution in [0.2, 0.25) is 0 Å². The number of ether oxygens (including phenoxy) is 4. The number of hydrogen-bond donors (Lipinski definition) is 1.